The predicted molar refractivity (Wildman–Crippen MR) is 88.5 cm³/mol. The van der Waals surface area contributed by atoms with Crippen molar-refractivity contribution < 1.29 is 13.9 Å². The molecule has 5 heteroatoms. The van der Waals surface area contributed by atoms with Crippen molar-refractivity contribution in [1.82, 2.24) is 0 Å². The molecule has 2 unspecified atom stereocenters. The molecule has 1 aliphatic heterocycles. The molecule has 0 bridgehead atoms. The van der Waals surface area contributed by atoms with Crippen molar-refractivity contribution in [3.05, 3.63) is 59.9 Å². The molecular formula is C19H14N2O3. The van der Waals surface area contributed by atoms with Crippen LogP contribution in [0.5, 0.6) is 11.5 Å². The smallest absolute Gasteiger partial charge is 0.205 e. The number of nitrogens with one attached hydrogen (secondary N) is 1. The summed E-state index contributed by atoms with van der Waals surface area (Å²) in [6.07, 6.45) is 1.59. The SMILES string of the molecule is COc1cccc(C2c3ccc4occc4c3OC(=N)C2C#N)c1. The number of furan rings is 1. The highest BCUT2D eigenvalue weighted by Gasteiger charge is 2.38. The monoisotopic (exact) mass is 318 g/mol. The van der Waals surface area contributed by atoms with Gasteiger partial charge >= 0.3 is 0 Å². The lowest BCUT2D eigenvalue weighted by Gasteiger charge is -2.30. The van der Waals surface area contributed by atoms with Gasteiger partial charge in [0, 0.05) is 11.5 Å². The third-order valence-corrected chi connectivity index (χ3v) is 4.37. The molecule has 1 aromatic heterocycles. The van der Waals surface area contributed by atoms with Gasteiger partial charge < -0.3 is 13.9 Å². The minimum absolute atomic E-state index is 0.0495. The van der Waals surface area contributed by atoms with E-state index in [0.717, 1.165) is 16.5 Å². The number of hydrogen-bond acceptors (Lipinski definition) is 5. The third kappa shape index (κ3) is 2.04. The van der Waals surface area contributed by atoms with Crippen LogP contribution >= 0.6 is 0 Å². The Morgan fingerprint density at radius 2 is 2.08 bits per heavy atom. The molecule has 0 saturated heterocycles. The van der Waals surface area contributed by atoms with Crippen molar-refractivity contribution >= 4 is 16.9 Å². The van der Waals surface area contributed by atoms with Crippen LogP contribution in [-0.4, -0.2) is 13.0 Å². The van der Waals surface area contributed by atoms with Crippen molar-refractivity contribution in [3.8, 4) is 17.6 Å². The van der Waals surface area contributed by atoms with E-state index < -0.39 is 5.92 Å². The normalized spacial score (nSPS) is 19.4. The molecule has 118 valence electrons. The highest BCUT2D eigenvalue weighted by molar-refractivity contribution is 5.93. The summed E-state index contributed by atoms with van der Waals surface area (Å²) in [5.74, 6) is 0.278. The first kappa shape index (κ1) is 14.3. The number of fused-ring (bicyclic) bond motifs is 3. The van der Waals surface area contributed by atoms with E-state index in [-0.39, 0.29) is 11.8 Å². The maximum atomic E-state index is 9.60. The largest absolute Gasteiger partial charge is 0.497 e. The minimum Gasteiger partial charge on any atom is -0.497 e. The lowest BCUT2D eigenvalue weighted by molar-refractivity contribution is 0.412. The van der Waals surface area contributed by atoms with Gasteiger partial charge in [-0.25, -0.2) is 0 Å². The zero-order valence-corrected chi connectivity index (χ0v) is 12.9. The number of nitrogens with zero attached hydrogens (tertiary/aromatic N) is 1. The summed E-state index contributed by atoms with van der Waals surface area (Å²) in [5, 5.41) is 18.6. The molecule has 24 heavy (non-hydrogen) atoms. The number of methoxy groups -OCH3 is 1. The van der Waals surface area contributed by atoms with Crippen LogP contribution in [0.25, 0.3) is 11.0 Å². The molecule has 5 nitrogen and oxygen atoms in total. The first-order chi connectivity index (χ1) is 11.7. The van der Waals surface area contributed by atoms with E-state index in [1.165, 1.54) is 0 Å². The van der Waals surface area contributed by atoms with Gasteiger partial charge in [0.2, 0.25) is 5.90 Å². The number of ether oxygens (including phenoxy) is 2. The van der Waals surface area contributed by atoms with Crippen LogP contribution in [0.3, 0.4) is 0 Å². The Kier molecular flexibility index (Phi) is 3.24. The number of nitriles is 1. The molecule has 3 aromatic rings. The van der Waals surface area contributed by atoms with E-state index in [4.69, 9.17) is 19.3 Å². The van der Waals surface area contributed by atoms with Crippen LogP contribution in [0, 0.1) is 22.7 Å². The third-order valence-electron chi connectivity index (χ3n) is 4.37. The first-order valence-corrected chi connectivity index (χ1v) is 7.53. The Morgan fingerprint density at radius 3 is 2.88 bits per heavy atom. The summed E-state index contributed by atoms with van der Waals surface area (Å²) < 4.78 is 16.4. The molecule has 0 radical (unpaired) electrons. The highest BCUT2D eigenvalue weighted by atomic mass is 16.5. The van der Waals surface area contributed by atoms with E-state index in [0.29, 0.717) is 17.1 Å². The molecule has 2 heterocycles. The fourth-order valence-electron chi connectivity index (χ4n) is 3.24. The Morgan fingerprint density at radius 1 is 1.21 bits per heavy atom. The van der Waals surface area contributed by atoms with Crippen molar-refractivity contribution in [2.75, 3.05) is 7.11 Å². The van der Waals surface area contributed by atoms with Crippen molar-refractivity contribution in [2.24, 2.45) is 5.92 Å². The molecule has 0 fully saturated rings. The van der Waals surface area contributed by atoms with Crippen LogP contribution in [0.1, 0.15) is 17.0 Å². The molecule has 0 aliphatic carbocycles. The summed E-state index contributed by atoms with van der Waals surface area (Å²) in [5.41, 5.74) is 2.49. The van der Waals surface area contributed by atoms with Gasteiger partial charge in [0.15, 0.2) is 0 Å². The van der Waals surface area contributed by atoms with Crippen LogP contribution in [0.2, 0.25) is 0 Å². The zero-order chi connectivity index (χ0) is 16.7. The molecule has 4 rings (SSSR count). The molecule has 1 N–H and O–H groups in total. The summed E-state index contributed by atoms with van der Waals surface area (Å²) in [6.45, 7) is 0. The highest BCUT2D eigenvalue weighted by Crippen LogP contribution is 2.45. The first-order valence-electron chi connectivity index (χ1n) is 7.53. The van der Waals surface area contributed by atoms with Crippen molar-refractivity contribution in [1.29, 1.82) is 10.7 Å². The topological polar surface area (TPSA) is 79.2 Å². The maximum Gasteiger partial charge on any atom is 0.205 e. The van der Waals surface area contributed by atoms with E-state index >= 15 is 0 Å². The average molecular weight is 318 g/mol. The summed E-state index contributed by atoms with van der Waals surface area (Å²) in [4.78, 5) is 0. The molecule has 1 aliphatic rings. The second-order valence-corrected chi connectivity index (χ2v) is 5.64. The Bertz CT molecular complexity index is 984. The second kappa shape index (κ2) is 5.43. The maximum absolute atomic E-state index is 9.60. The van der Waals surface area contributed by atoms with Gasteiger partial charge in [-0.15, -0.1) is 0 Å². The van der Waals surface area contributed by atoms with Crippen molar-refractivity contribution in [3.63, 3.8) is 0 Å². The van der Waals surface area contributed by atoms with E-state index in [1.807, 2.05) is 42.5 Å². The molecule has 0 spiro atoms. The molecular weight excluding hydrogens is 304 g/mol. The second-order valence-electron chi connectivity index (χ2n) is 5.64. The van der Waals surface area contributed by atoms with Crippen LogP contribution < -0.4 is 9.47 Å². The Labute approximate surface area is 138 Å². The Hall–Kier alpha value is -3.26. The van der Waals surface area contributed by atoms with E-state index in [2.05, 4.69) is 6.07 Å². The summed E-state index contributed by atoms with van der Waals surface area (Å²) in [6, 6.07) is 15.4. The Balaban J connectivity index is 1.96. The summed E-state index contributed by atoms with van der Waals surface area (Å²) >= 11 is 0. The number of hydrogen-bond donors (Lipinski definition) is 1. The van der Waals surface area contributed by atoms with Crippen LogP contribution in [-0.2, 0) is 0 Å². The van der Waals surface area contributed by atoms with Crippen molar-refractivity contribution in [2.45, 2.75) is 5.92 Å². The number of benzene rings is 2. The van der Waals surface area contributed by atoms with Gasteiger partial charge in [-0.2, -0.15) is 5.26 Å². The average Bonchev–Trinajstić information content (AvgIpc) is 3.09. The molecule has 0 saturated carbocycles. The molecule has 0 amide bonds. The van der Waals surface area contributed by atoms with Gasteiger partial charge in [0.25, 0.3) is 0 Å². The van der Waals surface area contributed by atoms with Crippen LogP contribution in [0.15, 0.2) is 53.1 Å². The quantitative estimate of drug-likeness (QED) is 0.772. The minimum atomic E-state index is -0.686. The predicted octanol–water partition coefficient (Wildman–Crippen LogP) is 4.08. The van der Waals surface area contributed by atoms with Gasteiger partial charge in [0.05, 0.1) is 24.8 Å². The fraction of sp³-hybridized carbons (Fsp3) is 0.158. The van der Waals surface area contributed by atoms with E-state index in [1.54, 1.807) is 13.4 Å². The standard InChI is InChI=1S/C19H14N2O3/c1-22-12-4-2-3-11(9-12)17-14-5-6-16-13(7-8-23-16)18(14)24-19(21)15(17)10-20/h2-9,15,17,21H,1H3. The summed E-state index contributed by atoms with van der Waals surface area (Å²) in [7, 11) is 1.61. The number of rotatable bonds is 2. The van der Waals surface area contributed by atoms with Gasteiger partial charge in [-0.05, 0) is 29.8 Å². The van der Waals surface area contributed by atoms with Gasteiger partial charge in [-0.3, -0.25) is 5.41 Å². The van der Waals surface area contributed by atoms with Crippen LogP contribution in [0.4, 0.5) is 0 Å². The molecule has 2 atom stereocenters. The van der Waals surface area contributed by atoms with E-state index in [9.17, 15) is 5.26 Å². The lowest BCUT2D eigenvalue weighted by atomic mass is 9.78. The molecule has 2 aromatic carbocycles. The van der Waals surface area contributed by atoms with Gasteiger partial charge in [0.1, 0.15) is 23.0 Å². The lowest BCUT2D eigenvalue weighted by Crippen LogP contribution is -2.31. The zero-order valence-electron chi connectivity index (χ0n) is 12.9. The fourth-order valence-corrected chi connectivity index (χ4v) is 3.24. The van der Waals surface area contributed by atoms with Gasteiger partial charge in [-0.1, -0.05) is 18.2 Å².